The van der Waals surface area contributed by atoms with Crippen molar-refractivity contribution in [2.45, 2.75) is 18.9 Å². The minimum atomic E-state index is -0.530. The van der Waals surface area contributed by atoms with Crippen LogP contribution in [0.3, 0.4) is 0 Å². The van der Waals surface area contributed by atoms with Gasteiger partial charge < -0.3 is 10.2 Å². The summed E-state index contributed by atoms with van der Waals surface area (Å²) in [5.41, 5.74) is 1.27. The lowest BCUT2D eigenvalue weighted by Crippen LogP contribution is -2.34. The fraction of sp³-hybridized carbons (Fsp3) is 0.250. The summed E-state index contributed by atoms with van der Waals surface area (Å²) in [4.78, 5) is 28.5. The molecule has 1 saturated heterocycles. The molecule has 1 N–H and O–H groups in total. The van der Waals surface area contributed by atoms with Crippen LogP contribution in [0, 0.1) is 10.1 Å². The predicted octanol–water partition coefficient (Wildman–Crippen LogP) is 4.01. The highest BCUT2D eigenvalue weighted by atomic mass is 35.5. The number of pyridine rings is 1. The molecule has 0 bridgehead atoms. The summed E-state index contributed by atoms with van der Waals surface area (Å²) in [6.45, 7) is 0.642. The summed E-state index contributed by atoms with van der Waals surface area (Å²) < 4.78 is 0. The average molecular weight is 347 g/mol. The summed E-state index contributed by atoms with van der Waals surface area (Å²) in [5, 5.41) is 13.6. The van der Waals surface area contributed by atoms with Crippen molar-refractivity contribution < 1.29 is 9.72 Å². The van der Waals surface area contributed by atoms with E-state index in [0.717, 1.165) is 18.4 Å². The van der Waals surface area contributed by atoms with Gasteiger partial charge in [0.25, 0.3) is 5.69 Å². The number of hydrogen-bond donors (Lipinski definition) is 1. The van der Waals surface area contributed by atoms with Crippen molar-refractivity contribution in [1.82, 2.24) is 9.88 Å². The minimum absolute atomic E-state index is 0.00942. The second kappa shape index (κ2) is 6.84. The van der Waals surface area contributed by atoms with Crippen molar-refractivity contribution in [2.75, 3.05) is 11.9 Å². The van der Waals surface area contributed by atoms with Crippen LogP contribution in [0.5, 0.6) is 0 Å². The Hall–Kier alpha value is -2.67. The van der Waals surface area contributed by atoms with E-state index in [1.165, 1.54) is 18.2 Å². The number of aromatic nitrogens is 1. The molecule has 124 valence electrons. The van der Waals surface area contributed by atoms with Crippen LogP contribution in [0.1, 0.15) is 24.4 Å². The van der Waals surface area contributed by atoms with E-state index < -0.39 is 4.92 Å². The van der Waals surface area contributed by atoms with Gasteiger partial charge in [-0.15, -0.1) is 0 Å². The third kappa shape index (κ3) is 3.30. The zero-order valence-corrected chi connectivity index (χ0v) is 13.4. The number of non-ortho nitro benzene ring substituents is 1. The Kier molecular flexibility index (Phi) is 4.61. The Morgan fingerprint density at radius 3 is 2.75 bits per heavy atom. The smallest absolute Gasteiger partial charge is 0.317 e. The summed E-state index contributed by atoms with van der Waals surface area (Å²) in [7, 11) is 0. The highest BCUT2D eigenvalue weighted by Crippen LogP contribution is 2.33. The first kappa shape index (κ1) is 16.2. The van der Waals surface area contributed by atoms with Crippen LogP contribution < -0.4 is 5.32 Å². The van der Waals surface area contributed by atoms with Crippen LogP contribution in [0.2, 0.25) is 5.02 Å². The number of urea groups is 1. The van der Waals surface area contributed by atoms with Gasteiger partial charge in [-0.25, -0.2) is 4.79 Å². The number of anilines is 1. The molecule has 8 heteroatoms. The largest absolute Gasteiger partial charge is 0.322 e. The number of likely N-dealkylation sites (tertiary alicyclic amines) is 1. The zero-order chi connectivity index (χ0) is 17.1. The Balaban J connectivity index is 1.76. The van der Waals surface area contributed by atoms with E-state index in [2.05, 4.69) is 10.3 Å². The quantitative estimate of drug-likeness (QED) is 0.671. The fourth-order valence-electron chi connectivity index (χ4n) is 2.85. The lowest BCUT2D eigenvalue weighted by atomic mass is 10.1. The first-order chi connectivity index (χ1) is 11.6. The van der Waals surface area contributed by atoms with Crippen LogP contribution >= 0.6 is 11.6 Å². The maximum absolute atomic E-state index is 12.6. The number of nitro benzene ring substituents is 1. The third-order valence-corrected chi connectivity index (χ3v) is 4.32. The van der Waals surface area contributed by atoms with Gasteiger partial charge >= 0.3 is 6.03 Å². The number of rotatable bonds is 3. The first-order valence-corrected chi connectivity index (χ1v) is 7.85. The number of carbonyl (C=O) groups excluding carboxylic acids is 1. The number of nitrogens with zero attached hydrogens (tertiary/aromatic N) is 3. The van der Waals surface area contributed by atoms with E-state index in [4.69, 9.17) is 11.6 Å². The number of nitrogens with one attached hydrogen (secondary N) is 1. The molecule has 2 aromatic rings. The molecular weight excluding hydrogens is 332 g/mol. The maximum atomic E-state index is 12.6. The molecule has 2 heterocycles. The van der Waals surface area contributed by atoms with E-state index in [9.17, 15) is 14.9 Å². The molecule has 0 radical (unpaired) electrons. The van der Waals surface area contributed by atoms with Gasteiger partial charge in [0.05, 0.1) is 21.7 Å². The van der Waals surface area contributed by atoms with Gasteiger partial charge in [-0.1, -0.05) is 11.6 Å². The molecule has 1 fully saturated rings. The van der Waals surface area contributed by atoms with E-state index in [1.54, 1.807) is 17.3 Å². The van der Waals surface area contributed by atoms with E-state index in [1.807, 2.05) is 12.1 Å². The van der Waals surface area contributed by atoms with Crippen LogP contribution in [-0.2, 0) is 0 Å². The summed E-state index contributed by atoms with van der Waals surface area (Å²) in [6.07, 6.45) is 5.20. The van der Waals surface area contributed by atoms with Gasteiger partial charge in [-0.2, -0.15) is 0 Å². The number of amides is 2. The molecular formula is C16H15ClN4O3. The van der Waals surface area contributed by atoms with Crippen molar-refractivity contribution in [1.29, 1.82) is 0 Å². The topological polar surface area (TPSA) is 88.4 Å². The van der Waals surface area contributed by atoms with Crippen molar-refractivity contribution in [3.63, 3.8) is 0 Å². The molecule has 3 rings (SSSR count). The van der Waals surface area contributed by atoms with Gasteiger partial charge in [0, 0.05) is 31.1 Å². The molecule has 7 nitrogen and oxygen atoms in total. The Bertz CT molecular complexity index is 769. The molecule has 1 aliphatic heterocycles. The van der Waals surface area contributed by atoms with Gasteiger partial charge in [-0.3, -0.25) is 15.1 Å². The standard InChI is InChI=1S/C16H15ClN4O3/c17-13-10-12(21(23)24)3-4-14(13)19-16(22)20-9-1-2-15(20)11-5-7-18-8-6-11/h3-8,10,15H,1-2,9H2,(H,19,22)/t15-/m1/s1. The monoisotopic (exact) mass is 346 g/mol. The van der Waals surface area contributed by atoms with Crippen LogP contribution in [0.15, 0.2) is 42.7 Å². The third-order valence-electron chi connectivity index (χ3n) is 4.01. The predicted molar refractivity (Wildman–Crippen MR) is 90.0 cm³/mol. The molecule has 0 saturated carbocycles. The van der Waals surface area contributed by atoms with Gasteiger partial charge in [0.2, 0.25) is 0 Å². The minimum Gasteiger partial charge on any atom is -0.317 e. The van der Waals surface area contributed by atoms with Crippen LogP contribution in [0.25, 0.3) is 0 Å². The van der Waals surface area contributed by atoms with Crippen molar-refractivity contribution in [3.05, 3.63) is 63.4 Å². The lowest BCUT2D eigenvalue weighted by molar-refractivity contribution is -0.384. The number of halogens is 1. The highest BCUT2D eigenvalue weighted by Gasteiger charge is 2.30. The molecule has 0 aliphatic carbocycles. The number of nitro groups is 1. The summed E-state index contributed by atoms with van der Waals surface area (Å²) in [6, 6.07) is 7.49. The van der Waals surface area contributed by atoms with Crippen molar-refractivity contribution in [3.8, 4) is 0 Å². The van der Waals surface area contributed by atoms with Crippen molar-refractivity contribution >= 4 is 29.0 Å². The molecule has 1 atom stereocenters. The SMILES string of the molecule is O=C(Nc1ccc([N+](=O)[O-])cc1Cl)N1CCC[C@@H]1c1ccncc1. The second-order valence-electron chi connectivity index (χ2n) is 5.48. The molecule has 2 amide bonds. The molecule has 0 unspecified atom stereocenters. The molecule has 1 aromatic carbocycles. The van der Waals surface area contributed by atoms with E-state index in [0.29, 0.717) is 12.2 Å². The Morgan fingerprint density at radius 2 is 2.08 bits per heavy atom. The van der Waals surface area contributed by atoms with E-state index in [-0.39, 0.29) is 22.8 Å². The Morgan fingerprint density at radius 1 is 1.33 bits per heavy atom. The normalized spacial score (nSPS) is 16.9. The summed E-state index contributed by atoms with van der Waals surface area (Å²) >= 11 is 6.03. The zero-order valence-electron chi connectivity index (χ0n) is 12.7. The first-order valence-electron chi connectivity index (χ1n) is 7.48. The molecule has 24 heavy (non-hydrogen) atoms. The number of carbonyl (C=O) groups is 1. The van der Waals surface area contributed by atoms with Gasteiger partial charge in [-0.05, 0) is 36.6 Å². The van der Waals surface area contributed by atoms with Crippen LogP contribution in [0.4, 0.5) is 16.2 Å². The highest BCUT2D eigenvalue weighted by molar-refractivity contribution is 6.33. The fourth-order valence-corrected chi connectivity index (χ4v) is 3.07. The number of benzene rings is 1. The van der Waals surface area contributed by atoms with Crippen LogP contribution in [-0.4, -0.2) is 27.4 Å². The molecule has 1 aromatic heterocycles. The van der Waals surface area contributed by atoms with Crippen molar-refractivity contribution in [2.24, 2.45) is 0 Å². The maximum Gasteiger partial charge on any atom is 0.322 e. The molecule has 0 spiro atoms. The second-order valence-corrected chi connectivity index (χ2v) is 5.89. The van der Waals surface area contributed by atoms with Gasteiger partial charge in [0.1, 0.15) is 0 Å². The van der Waals surface area contributed by atoms with Gasteiger partial charge in [0.15, 0.2) is 0 Å². The number of hydrogen-bond acceptors (Lipinski definition) is 4. The molecule has 1 aliphatic rings. The summed E-state index contributed by atoms with van der Waals surface area (Å²) in [5.74, 6) is 0. The lowest BCUT2D eigenvalue weighted by Gasteiger charge is -2.25. The van der Waals surface area contributed by atoms with E-state index >= 15 is 0 Å². The Labute approximate surface area is 143 Å². The average Bonchev–Trinajstić information content (AvgIpc) is 3.07.